The molecular weight excluding hydrogens is 392 g/mol. The van der Waals surface area contributed by atoms with Crippen LogP contribution in [-0.4, -0.2) is 38.4 Å². The molecule has 0 saturated carbocycles. The number of carbonyl (C=O) groups is 1. The highest BCUT2D eigenvalue weighted by Crippen LogP contribution is 2.28. The van der Waals surface area contributed by atoms with Gasteiger partial charge in [0, 0.05) is 13.1 Å². The van der Waals surface area contributed by atoms with E-state index in [1.165, 1.54) is 12.1 Å². The molecule has 0 aliphatic carbocycles. The monoisotopic (exact) mass is 414 g/mol. The Labute approximate surface area is 168 Å². The number of anilines is 1. The molecular formula is C20H22N4O4S. The molecule has 0 radical (unpaired) electrons. The molecule has 1 aromatic heterocycles. The summed E-state index contributed by atoms with van der Waals surface area (Å²) in [6, 6.07) is 14.0. The second-order valence-electron chi connectivity index (χ2n) is 7.05. The van der Waals surface area contributed by atoms with Gasteiger partial charge in [-0.15, -0.1) is 0 Å². The summed E-state index contributed by atoms with van der Waals surface area (Å²) in [5, 5.41) is 8.06. The number of hydrogen-bond donors (Lipinski definition) is 2. The van der Waals surface area contributed by atoms with Gasteiger partial charge in [0.1, 0.15) is 11.6 Å². The number of carbonyl (C=O) groups excluding carboxylic acids is 1. The van der Waals surface area contributed by atoms with Gasteiger partial charge in [0.25, 0.3) is 6.01 Å². The average Bonchev–Trinajstić information content (AvgIpc) is 3.34. The van der Waals surface area contributed by atoms with Crippen LogP contribution in [0.5, 0.6) is 0 Å². The van der Waals surface area contributed by atoms with Crippen molar-refractivity contribution >= 4 is 33.0 Å². The molecule has 0 spiro atoms. The molecule has 3 N–H and O–H groups in total. The molecule has 4 rings (SSSR count). The molecule has 0 unspecified atom stereocenters. The van der Waals surface area contributed by atoms with E-state index in [9.17, 15) is 13.2 Å². The summed E-state index contributed by atoms with van der Waals surface area (Å²) in [4.78, 5) is 19.2. The van der Waals surface area contributed by atoms with E-state index in [4.69, 9.17) is 9.56 Å². The molecule has 1 saturated heterocycles. The number of aromatic nitrogens is 1. The highest BCUT2D eigenvalue weighted by molar-refractivity contribution is 7.89. The molecule has 2 aromatic carbocycles. The number of sulfonamides is 1. The second kappa shape index (κ2) is 7.84. The Kier molecular flexibility index (Phi) is 5.25. The zero-order chi connectivity index (χ0) is 20.4. The Morgan fingerprint density at radius 3 is 2.69 bits per heavy atom. The van der Waals surface area contributed by atoms with E-state index < -0.39 is 10.0 Å². The standard InChI is InChI=1S/C20H22N4O4S/c21-29(26,27)15-9-7-14(8-10-15)11-12-22-19(25)17-5-3-13-24(17)20-23-16-4-1-2-6-18(16)28-20/h1-2,4,6-10,17H,3,5,11-13H2,(H,22,25)(H2,21,26,27)/t17-/m1/s1. The molecule has 1 atom stereocenters. The molecule has 152 valence electrons. The van der Waals surface area contributed by atoms with Crippen molar-refractivity contribution in [2.24, 2.45) is 5.14 Å². The van der Waals surface area contributed by atoms with E-state index >= 15 is 0 Å². The van der Waals surface area contributed by atoms with Gasteiger partial charge in [-0.2, -0.15) is 4.98 Å². The van der Waals surface area contributed by atoms with Crippen LogP contribution in [0.1, 0.15) is 18.4 Å². The maximum absolute atomic E-state index is 12.7. The van der Waals surface area contributed by atoms with Gasteiger partial charge in [-0.25, -0.2) is 13.6 Å². The first kappa shape index (κ1) is 19.4. The zero-order valence-corrected chi connectivity index (χ0v) is 16.6. The first-order valence-electron chi connectivity index (χ1n) is 9.43. The van der Waals surface area contributed by atoms with Gasteiger partial charge in [0.15, 0.2) is 5.58 Å². The molecule has 9 heteroatoms. The van der Waals surface area contributed by atoms with E-state index in [1.807, 2.05) is 29.2 Å². The van der Waals surface area contributed by atoms with E-state index in [0.29, 0.717) is 24.6 Å². The summed E-state index contributed by atoms with van der Waals surface area (Å²) < 4.78 is 28.4. The third-order valence-electron chi connectivity index (χ3n) is 5.05. The molecule has 1 aliphatic rings. The van der Waals surface area contributed by atoms with Gasteiger partial charge in [-0.1, -0.05) is 24.3 Å². The Bertz CT molecular complexity index is 1090. The fourth-order valence-corrected chi connectivity index (χ4v) is 4.06. The van der Waals surface area contributed by atoms with E-state index in [0.717, 1.165) is 30.5 Å². The van der Waals surface area contributed by atoms with Crippen molar-refractivity contribution in [3.05, 3.63) is 54.1 Å². The van der Waals surface area contributed by atoms with Gasteiger partial charge < -0.3 is 14.6 Å². The van der Waals surface area contributed by atoms with Crippen LogP contribution in [0, 0.1) is 0 Å². The summed E-state index contributed by atoms with van der Waals surface area (Å²) in [5.74, 6) is -0.0640. The molecule has 0 bridgehead atoms. The lowest BCUT2D eigenvalue weighted by Gasteiger charge is -2.22. The maximum Gasteiger partial charge on any atom is 0.299 e. The summed E-state index contributed by atoms with van der Waals surface area (Å²) in [5.41, 5.74) is 2.40. The summed E-state index contributed by atoms with van der Waals surface area (Å²) in [6.07, 6.45) is 2.23. The minimum atomic E-state index is -3.70. The predicted octanol–water partition coefficient (Wildman–Crippen LogP) is 1.80. The number of hydrogen-bond acceptors (Lipinski definition) is 6. The number of fused-ring (bicyclic) bond motifs is 1. The van der Waals surface area contributed by atoms with Crippen molar-refractivity contribution in [2.45, 2.75) is 30.2 Å². The van der Waals surface area contributed by atoms with Gasteiger partial charge in [0.05, 0.1) is 4.90 Å². The third-order valence-corrected chi connectivity index (χ3v) is 5.98. The first-order valence-corrected chi connectivity index (χ1v) is 11.0. The fraction of sp³-hybridized carbons (Fsp3) is 0.300. The Morgan fingerprint density at radius 2 is 1.97 bits per heavy atom. The smallest absolute Gasteiger partial charge is 0.299 e. The Hall–Kier alpha value is -2.91. The molecule has 3 aromatic rings. The number of para-hydroxylation sites is 2. The van der Waals surface area contributed by atoms with Crippen LogP contribution in [0.4, 0.5) is 6.01 Å². The van der Waals surface area contributed by atoms with Crippen molar-refractivity contribution in [1.29, 1.82) is 0 Å². The number of benzene rings is 2. The van der Waals surface area contributed by atoms with Gasteiger partial charge >= 0.3 is 0 Å². The Morgan fingerprint density at radius 1 is 1.21 bits per heavy atom. The van der Waals surface area contributed by atoms with Crippen LogP contribution in [0.3, 0.4) is 0 Å². The number of nitrogens with two attached hydrogens (primary N) is 1. The number of nitrogens with zero attached hydrogens (tertiary/aromatic N) is 2. The normalized spacial score (nSPS) is 17.0. The molecule has 1 aliphatic heterocycles. The largest absolute Gasteiger partial charge is 0.423 e. The fourth-order valence-electron chi connectivity index (χ4n) is 3.54. The predicted molar refractivity (Wildman–Crippen MR) is 109 cm³/mol. The van der Waals surface area contributed by atoms with E-state index in [-0.39, 0.29) is 16.8 Å². The van der Waals surface area contributed by atoms with E-state index in [2.05, 4.69) is 10.3 Å². The van der Waals surface area contributed by atoms with Crippen LogP contribution in [0.25, 0.3) is 11.1 Å². The van der Waals surface area contributed by atoms with Gasteiger partial charge in [0.2, 0.25) is 15.9 Å². The topological polar surface area (TPSA) is 119 Å². The minimum absolute atomic E-state index is 0.0640. The lowest BCUT2D eigenvalue weighted by atomic mass is 10.1. The maximum atomic E-state index is 12.7. The molecule has 29 heavy (non-hydrogen) atoms. The highest BCUT2D eigenvalue weighted by atomic mass is 32.2. The summed E-state index contributed by atoms with van der Waals surface area (Å²) >= 11 is 0. The van der Waals surface area contributed by atoms with Crippen molar-refractivity contribution in [1.82, 2.24) is 10.3 Å². The number of rotatable bonds is 6. The van der Waals surface area contributed by atoms with Crippen LogP contribution < -0.4 is 15.4 Å². The second-order valence-corrected chi connectivity index (χ2v) is 8.61. The molecule has 8 nitrogen and oxygen atoms in total. The quantitative estimate of drug-likeness (QED) is 0.635. The van der Waals surface area contributed by atoms with Crippen LogP contribution in [0.2, 0.25) is 0 Å². The summed E-state index contributed by atoms with van der Waals surface area (Å²) in [7, 11) is -3.70. The number of primary sulfonamides is 1. The number of amides is 1. The van der Waals surface area contributed by atoms with Crippen LogP contribution in [-0.2, 0) is 21.2 Å². The minimum Gasteiger partial charge on any atom is -0.423 e. The lowest BCUT2D eigenvalue weighted by Crippen LogP contribution is -2.44. The Balaban J connectivity index is 1.36. The van der Waals surface area contributed by atoms with Gasteiger partial charge in [-0.3, -0.25) is 4.79 Å². The van der Waals surface area contributed by atoms with Crippen molar-refractivity contribution < 1.29 is 17.6 Å². The van der Waals surface area contributed by atoms with Crippen molar-refractivity contribution in [2.75, 3.05) is 18.0 Å². The number of oxazole rings is 1. The highest BCUT2D eigenvalue weighted by Gasteiger charge is 2.33. The average molecular weight is 414 g/mol. The third kappa shape index (κ3) is 4.25. The van der Waals surface area contributed by atoms with Gasteiger partial charge in [-0.05, 0) is 49.1 Å². The molecule has 1 fully saturated rings. The number of nitrogens with one attached hydrogen (secondary N) is 1. The van der Waals surface area contributed by atoms with Crippen LogP contribution >= 0.6 is 0 Å². The SMILES string of the molecule is NS(=O)(=O)c1ccc(CCNC(=O)[C@H]2CCCN2c2nc3ccccc3o2)cc1. The van der Waals surface area contributed by atoms with Crippen molar-refractivity contribution in [3.63, 3.8) is 0 Å². The van der Waals surface area contributed by atoms with E-state index in [1.54, 1.807) is 12.1 Å². The first-order chi connectivity index (χ1) is 13.9. The summed E-state index contributed by atoms with van der Waals surface area (Å²) in [6.45, 7) is 1.17. The zero-order valence-electron chi connectivity index (χ0n) is 15.7. The molecule has 1 amide bonds. The van der Waals surface area contributed by atoms with Crippen molar-refractivity contribution in [3.8, 4) is 0 Å². The lowest BCUT2D eigenvalue weighted by molar-refractivity contribution is -0.122. The van der Waals surface area contributed by atoms with Crippen LogP contribution in [0.15, 0.2) is 57.8 Å². The molecule has 2 heterocycles.